The van der Waals surface area contributed by atoms with Gasteiger partial charge in [-0.25, -0.2) is 0 Å². The van der Waals surface area contributed by atoms with E-state index in [-0.39, 0.29) is 11.2 Å². The summed E-state index contributed by atoms with van der Waals surface area (Å²) in [6.07, 6.45) is 7.12. The van der Waals surface area contributed by atoms with E-state index in [2.05, 4.69) is 24.9 Å². The summed E-state index contributed by atoms with van der Waals surface area (Å²) < 4.78 is 0. The Morgan fingerprint density at radius 3 is 2.53 bits per heavy atom. The number of hydrogen-bond acceptors (Lipinski definition) is 2. The molecule has 1 aromatic heterocycles. The minimum Gasteiger partial charge on any atom is -0.294 e. The molecule has 15 heavy (non-hydrogen) atoms. The number of allylic oxidation sites excluding steroid dienone is 2. The van der Waals surface area contributed by atoms with Crippen LogP contribution in [0.2, 0.25) is 0 Å². The van der Waals surface area contributed by atoms with E-state index in [1.165, 1.54) is 0 Å². The van der Waals surface area contributed by atoms with Gasteiger partial charge in [-0.3, -0.25) is 9.78 Å². The van der Waals surface area contributed by atoms with E-state index in [1.807, 2.05) is 12.1 Å². The second kappa shape index (κ2) is 3.61. The van der Waals surface area contributed by atoms with Crippen molar-refractivity contribution in [3.63, 3.8) is 0 Å². The third-order valence-corrected chi connectivity index (χ3v) is 2.79. The Bertz CT molecular complexity index is 404. The number of Topliss-reactive ketones (excluding diaryl/α,β-unsaturated/α-hetero) is 1. The summed E-state index contributed by atoms with van der Waals surface area (Å²) in [7, 11) is 0. The van der Waals surface area contributed by atoms with Gasteiger partial charge in [-0.15, -0.1) is 0 Å². The average molecular weight is 201 g/mol. The van der Waals surface area contributed by atoms with E-state index in [0.717, 1.165) is 17.6 Å². The van der Waals surface area contributed by atoms with Crippen LogP contribution in [-0.4, -0.2) is 10.8 Å². The van der Waals surface area contributed by atoms with Gasteiger partial charge in [0, 0.05) is 24.4 Å². The second-order valence-electron chi connectivity index (χ2n) is 4.82. The molecule has 0 spiro atoms. The first-order chi connectivity index (χ1) is 7.08. The van der Waals surface area contributed by atoms with Gasteiger partial charge in [-0.1, -0.05) is 19.9 Å². The molecule has 0 atom stereocenters. The first kappa shape index (κ1) is 10.1. The van der Waals surface area contributed by atoms with E-state index in [4.69, 9.17) is 0 Å². The smallest absolute Gasteiger partial charge is 0.163 e. The van der Waals surface area contributed by atoms with Crippen LogP contribution in [0.15, 0.2) is 30.6 Å². The Labute approximate surface area is 90.0 Å². The Kier molecular flexibility index (Phi) is 2.43. The fourth-order valence-corrected chi connectivity index (χ4v) is 1.90. The van der Waals surface area contributed by atoms with E-state index < -0.39 is 0 Å². The van der Waals surface area contributed by atoms with Crippen molar-refractivity contribution in [2.24, 2.45) is 5.41 Å². The third kappa shape index (κ3) is 2.14. The molecule has 1 heterocycles. The topological polar surface area (TPSA) is 30.0 Å². The van der Waals surface area contributed by atoms with E-state index in [9.17, 15) is 4.79 Å². The molecule has 0 bridgehead atoms. The lowest BCUT2D eigenvalue weighted by Gasteiger charge is -2.27. The molecule has 0 aromatic carbocycles. The molecule has 0 N–H and O–H groups in total. The summed E-state index contributed by atoms with van der Waals surface area (Å²) in [5.41, 5.74) is 1.97. The number of nitrogens with zero attached hydrogens (tertiary/aromatic N) is 1. The van der Waals surface area contributed by atoms with Crippen molar-refractivity contribution in [3.8, 4) is 0 Å². The first-order valence-electron chi connectivity index (χ1n) is 5.22. The lowest BCUT2D eigenvalue weighted by atomic mass is 9.76. The molecule has 0 radical (unpaired) electrons. The van der Waals surface area contributed by atoms with Crippen molar-refractivity contribution in [2.45, 2.75) is 26.7 Å². The van der Waals surface area contributed by atoms with Gasteiger partial charge in [0.25, 0.3) is 0 Å². The normalized spacial score (nSPS) is 19.9. The number of aromatic nitrogens is 1. The van der Waals surface area contributed by atoms with E-state index in [1.54, 1.807) is 12.4 Å². The van der Waals surface area contributed by atoms with E-state index >= 15 is 0 Å². The lowest BCUT2D eigenvalue weighted by molar-refractivity contribution is -0.115. The van der Waals surface area contributed by atoms with Crippen LogP contribution in [0.3, 0.4) is 0 Å². The van der Waals surface area contributed by atoms with Gasteiger partial charge in [-0.2, -0.15) is 0 Å². The highest BCUT2D eigenvalue weighted by Gasteiger charge is 2.28. The standard InChI is InChI=1S/C13H15NO/c1-13(2)6-3-11(12(15)9-13)10-4-7-14-8-5-10/h3-5,7-8H,6,9H2,1-2H3. The highest BCUT2D eigenvalue weighted by atomic mass is 16.1. The van der Waals surface area contributed by atoms with Gasteiger partial charge in [0.2, 0.25) is 0 Å². The summed E-state index contributed by atoms with van der Waals surface area (Å²) in [6.45, 7) is 4.26. The second-order valence-corrected chi connectivity index (χ2v) is 4.82. The average Bonchev–Trinajstić information content (AvgIpc) is 2.17. The van der Waals surface area contributed by atoms with Crippen molar-refractivity contribution in [1.82, 2.24) is 4.98 Å². The van der Waals surface area contributed by atoms with Crippen LogP contribution in [0.4, 0.5) is 0 Å². The third-order valence-electron chi connectivity index (χ3n) is 2.79. The van der Waals surface area contributed by atoms with Crippen LogP contribution in [0.1, 0.15) is 32.3 Å². The Hall–Kier alpha value is -1.44. The monoisotopic (exact) mass is 201 g/mol. The van der Waals surface area contributed by atoms with Gasteiger partial charge >= 0.3 is 0 Å². The highest BCUT2D eigenvalue weighted by Crippen LogP contribution is 2.35. The fraction of sp³-hybridized carbons (Fsp3) is 0.385. The number of hydrogen-bond donors (Lipinski definition) is 0. The van der Waals surface area contributed by atoms with Gasteiger partial charge in [0.1, 0.15) is 0 Å². The molecule has 0 amide bonds. The predicted molar refractivity (Wildman–Crippen MR) is 60.2 cm³/mol. The van der Waals surface area contributed by atoms with Gasteiger partial charge < -0.3 is 0 Å². The molecule has 0 unspecified atom stereocenters. The first-order valence-corrected chi connectivity index (χ1v) is 5.22. The van der Waals surface area contributed by atoms with E-state index in [0.29, 0.717) is 6.42 Å². The number of pyridine rings is 1. The summed E-state index contributed by atoms with van der Waals surface area (Å²) in [5.74, 6) is 0.248. The molecular weight excluding hydrogens is 186 g/mol. The predicted octanol–water partition coefficient (Wildman–Crippen LogP) is 2.85. The Balaban J connectivity index is 2.33. The number of ketones is 1. The maximum absolute atomic E-state index is 11.9. The van der Waals surface area contributed by atoms with Crippen LogP contribution >= 0.6 is 0 Å². The molecule has 0 saturated carbocycles. The zero-order chi connectivity index (χ0) is 10.9. The van der Waals surface area contributed by atoms with Crippen LogP contribution in [0.25, 0.3) is 5.57 Å². The summed E-state index contributed by atoms with van der Waals surface area (Å²) in [6, 6.07) is 3.78. The largest absolute Gasteiger partial charge is 0.294 e. The Morgan fingerprint density at radius 1 is 1.27 bits per heavy atom. The van der Waals surface area contributed by atoms with Gasteiger partial charge in [0.05, 0.1) is 0 Å². The molecule has 1 aliphatic carbocycles. The quantitative estimate of drug-likeness (QED) is 0.699. The molecule has 0 aliphatic heterocycles. The minimum atomic E-state index is 0.119. The minimum absolute atomic E-state index is 0.119. The molecular formula is C13H15NO. The maximum atomic E-state index is 11.9. The lowest BCUT2D eigenvalue weighted by Crippen LogP contribution is -2.21. The van der Waals surface area contributed by atoms with Crippen molar-refractivity contribution in [2.75, 3.05) is 0 Å². The maximum Gasteiger partial charge on any atom is 0.163 e. The molecule has 0 saturated heterocycles. The van der Waals surface area contributed by atoms with Crippen LogP contribution in [0, 0.1) is 5.41 Å². The zero-order valence-corrected chi connectivity index (χ0v) is 9.16. The van der Waals surface area contributed by atoms with Gasteiger partial charge in [-0.05, 0) is 29.5 Å². The number of carbonyl (C=O) groups is 1. The highest BCUT2D eigenvalue weighted by molar-refractivity contribution is 6.21. The molecule has 1 aliphatic rings. The molecule has 1 aromatic rings. The SMILES string of the molecule is CC1(C)CC=C(c2ccncc2)C(=O)C1. The number of rotatable bonds is 1. The number of carbonyl (C=O) groups excluding carboxylic acids is 1. The van der Waals surface area contributed by atoms with Crippen LogP contribution in [-0.2, 0) is 4.79 Å². The zero-order valence-electron chi connectivity index (χ0n) is 9.16. The summed E-state index contributed by atoms with van der Waals surface area (Å²) >= 11 is 0. The van der Waals surface area contributed by atoms with Crippen LogP contribution in [0.5, 0.6) is 0 Å². The molecule has 0 fully saturated rings. The summed E-state index contributed by atoms with van der Waals surface area (Å²) in [5, 5.41) is 0. The Morgan fingerprint density at radius 2 is 1.93 bits per heavy atom. The van der Waals surface area contributed by atoms with Gasteiger partial charge in [0.15, 0.2) is 5.78 Å². The van der Waals surface area contributed by atoms with Crippen molar-refractivity contribution >= 4 is 11.4 Å². The van der Waals surface area contributed by atoms with Crippen molar-refractivity contribution in [1.29, 1.82) is 0 Å². The van der Waals surface area contributed by atoms with Crippen LogP contribution < -0.4 is 0 Å². The molecule has 2 nitrogen and oxygen atoms in total. The van der Waals surface area contributed by atoms with Crippen molar-refractivity contribution in [3.05, 3.63) is 36.2 Å². The fourth-order valence-electron chi connectivity index (χ4n) is 1.90. The molecule has 78 valence electrons. The molecule has 2 rings (SSSR count). The summed E-state index contributed by atoms with van der Waals surface area (Å²) in [4.78, 5) is 15.9. The van der Waals surface area contributed by atoms with Crippen molar-refractivity contribution < 1.29 is 4.79 Å². The molecule has 2 heteroatoms.